The fourth-order valence-electron chi connectivity index (χ4n) is 2.17. The Morgan fingerprint density at radius 1 is 1.53 bits per heavy atom. The molecule has 0 spiro atoms. The zero-order valence-corrected chi connectivity index (χ0v) is 11.7. The van der Waals surface area contributed by atoms with Gasteiger partial charge < -0.3 is 20.7 Å². The lowest BCUT2D eigenvalue weighted by molar-refractivity contribution is 0.120. The summed E-state index contributed by atoms with van der Waals surface area (Å²) < 4.78 is 5.59. The highest BCUT2D eigenvalue weighted by atomic mass is 16.5. The summed E-state index contributed by atoms with van der Waals surface area (Å²) in [6.45, 7) is 4.97. The number of anilines is 2. The van der Waals surface area contributed by atoms with E-state index in [0.717, 1.165) is 50.0 Å². The van der Waals surface area contributed by atoms with Crippen molar-refractivity contribution in [3.05, 3.63) is 11.9 Å². The molecule has 0 aromatic carbocycles. The summed E-state index contributed by atoms with van der Waals surface area (Å²) >= 11 is 0. The van der Waals surface area contributed by atoms with Gasteiger partial charge in [0.05, 0.1) is 6.10 Å². The largest absolute Gasteiger partial charge is 0.376 e. The molecule has 6 heteroatoms. The first-order valence-corrected chi connectivity index (χ1v) is 6.81. The second-order valence-electron chi connectivity index (χ2n) is 4.88. The molecule has 1 aromatic rings. The molecule has 2 rings (SSSR count). The summed E-state index contributed by atoms with van der Waals surface area (Å²) in [5, 5.41) is 3.33. The summed E-state index contributed by atoms with van der Waals surface area (Å²) in [7, 11) is 1.98. The van der Waals surface area contributed by atoms with Gasteiger partial charge in [0.15, 0.2) is 0 Å². The van der Waals surface area contributed by atoms with E-state index in [9.17, 15) is 0 Å². The van der Waals surface area contributed by atoms with Gasteiger partial charge in [-0.15, -0.1) is 0 Å². The quantitative estimate of drug-likeness (QED) is 0.791. The van der Waals surface area contributed by atoms with Crippen LogP contribution in [-0.2, 0) is 4.74 Å². The Hall–Kier alpha value is -1.40. The molecule has 1 aliphatic heterocycles. The number of nitrogens with zero attached hydrogens (tertiary/aromatic N) is 3. The maximum atomic E-state index is 5.59. The van der Waals surface area contributed by atoms with Crippen molar-refractivity contribution in [2.75, 3.05) is 43.5 Å². The van der Waals surface area contributed by atoms with Crippen molar-refractivity contribution in [1.29, 1.82) is 0 Å². The van der Waals surface area contributed by atoms with E-state index in [4.69, 9.17) is 10.5 Å². The average molecular weight is 265 g/mol. The summed E-state index contributed by atoms with van der Waals surface area (Å²) in [4.78, 5) is 10.9. The normalized spacial score (nSPS) is 18.6. The first-order valence-electron chi connectivity index (χ1n) is 6.81. The number of rotatable bonds is 6. The van der Waals surface area contributed by atoms with Crippen molar-refractivity contribution in [2.24, 2.45) is 5.73 Å². The highest BCUT2D eigenvalue weighted by Gasteiger charge is 2.15. The lowest BCUT2D eigenvalue weighted by Crippen LogP contribution is -2.26. The standard InChI is InChI=1S/C13H23N5O/c1-10-16-12(15-9-11-4-3-7-19-11)8-13(17-10)18(2)6-5-14/h8,11H,3-7,9,14H2,1-2H3,(H,15,16,17). The number of aromatic nitrogens is 2. The minimum absolute atomic E-state index is 0.306. The molecule has 1 atom stereocenters. The van der Waals surface area contributed by atoms with Crippen LogP contribution in [0, 0.1) is 6.92 Å². The molecule has 1 unspecified atom stereocenters. The second kappa shape index (κ2) is 6.68. The topological polar surface area (TPSA) is 76.3 Å². The van der Waals surface area contributed by atoms with Gasteiger partial charge in [0.25, 0.3) is 0 Å². The smallest absolute Gasteiger partial charge is 0.134 e. The van der Waals surface area contributed by atoms with Gasteiger partial charge >= 0.3 is 0 Å². The zero-order chi connectivity index (χ0) is 13.7. The van der Waals surface area contributed by atoms with Crippen molar-refractivity contribution in [3.8, 4) is 0 Å². The summed E-state index contributed by atoms with van der Waals surface area (Å²) in [6.07, 6.45) is 2.58. The molecule has 1 fully saturated rings. The molecular weight excluding hydrogens is 242 g/mol. The minimum Gasteiger partial charge on any atom is -0.376 e. The van der Waals surface area contributed by atoms with Crippen molar-refractivity contribution in [3.63, 3.8) is 0 Å². The van der Waals surface area contributed by atoms with E-state index in [1.54, 1.807) is 0 Å². The predicted octanol–water partition coefficient (Wildman–Crippen LogP) is 0.771. The highest BCUT2D eigenvalue weighted by molar-refractivity contribution is 5.49. The molecule has 0 bridgehead atoms. The molecule has 0 radical (unpaired) electrons. The van der Waals surface area contributed by atoms with Crippen molar-refractivity contribution in [1.82, 2.24) is 9.97 Å². The minimum atomic E-state index is 0.306. The SMILES string of the molecule is Cc1nc(NCC2CCCO2)cc(N(C)CCN)n1. The van der Waals surface area contributed by atoms with E-state index < -0.39 is 0 Å². The Morgan fingerprint density at radius 2 is 2.37 bits per heavy atom. The monoisotopic (exact) mass is 265 g/mol. The maximum absolute atomic E-state index is 5.59. The Balaban J connectivity index is 1.99. The molecule has 1 saturated heterocycles. The van der Waals surface area contributed by atoms with Crippen molar-refractivity contribution in [2.45, 2.75) is 25.9 Å². The molecule has 0 amide bonds. The molecule has 2 heterocycles. The average Bonchev–Trinajstić information content (AvgIpc) is 2.89. The van der Waals surface area contributed by atoms with Crippen LogP contribution in [-0.4, -0.2) is 49.4 Å². The third-order valence-corrected chi connectivity index (χ3v) is 3.21. The molecule has 6 nitrogen and oxygen atoms in total. The second-order valence-corrected chi connectivity index (χ2v) is 4.88. The molecular formula is C13H23N5O. The van der Waals surface area contributed by atoms with Gasteiger partial charge in [-0.3, -0.25) is 0 Å². The predicted molar refractivity (Wildman–Crippen MR) is 76.6 cm³/mol. The van der Waals surface area contributed by atoms with Gasteiger partial charge in [-0.05, 0) is 19.8 Å². The van der Waals surface area contributed by atoms with E-state index in [1.165, 1.54) is 0 Å². The van der Waals surface area contributed by atoms with Crippen LogP contribution in [0.3, 0.4) is 0 Å². The molecule has 0 saturated carbocycles. The van der Waals surface area contributed by atoms with Crippen LogP contribution in [0.25, 0.3) is 0 Å². The van der Waals surface area contributed by atoms with Gasteiger partial charge in [-0.2, -0.15) is 0 Å². The number of ether oxygens (including phenoxy) is 1. The fraction of sp³-hybridized carbons (Fsp3) is 0.692. The third-order valence-electron chi connectivity index (χ3n) is 3.21. The van der Waals surface area contributed by atoms with Crippen LogP contribution in [0.2, 0.25) is 0 Å². The Kier molecular flexibility index (Phi) is 4.93. The van der Waals surface area contributed by atoms with Crippen LogP contribution in [0.5, 0.6) is 0 Å². The Labute approximate surface area is 114 Å². The van der Waals surface area contributed by atoms with Gasteiger partial charge in [0, 0.05) is 39.4 Å². The van der Waals surface area contributed by atoms with Crippen LogP contribution >= 0.6 is 0 Å². The van der Waals surface area contributed by atoms with E-state index in [0.29, 0.717) is 12.6 Å². The number of likely N-dealkylation sites (N-methyl/N-ethyl adjacent to an activating group) is 1. The molecule has 3 N–H and O–H groups in total. The lowest BCUT2D eigenvalue weighted by atomic mass is 10.2. The number of nitrogens with two attached hydrogens (primary N) is 1. The summed E-state index contributed by atoms with van der Waals surface area (Å²) in [6, 6.07) is 1.96. The number of nitrogens with one attached hydrogen (secondary N) is 1. The molecule has 1 aromatic heterocycles. The third kappa shape index (κ3) is 4.04. The number of aryl methyl sites for hydroxylation is 1. The number of hydrogen-bond donors (Lipinski definition) is 2. The van der Waals surface area contributed by atoms with Crippen LogP contribution in [0.15, 0.2) is 6.07 Å². The van der Waals surface area contributed by atoms with Crippen molar-refractivity contribution < 1.29 is 4.74 Å². The van der Waals surface area contributed by atoms with Gasteiger partial charge in [-0.25, -0.2) is 9.97 Å². The van der Waals surface area contributed by atoms with Gasteiger partial charge in [0.1, 0.15) is 17.5 Å². The molecule has 19 heavy (non-hydrogen) atoms. The fourth-order valence-corrected chi connectivity index (χ4v) is 2.17. The van der Waals surface area contributed by atoms with Crippen LogP contribution in [0.4, 0.5) is 11.6 Å². The molecule has 0 aliphatic carbocycles. The van der Waals surface area contributed by atoms with E-state index in [2.05, 4.69) is 15.3 Å². The van der Waals surface area contributed by atoms with Gasteiger partial charge in [0.2, 0.25) is 0 Å². The first-order chi connectivity index (χ1) is 9.19. The Bertz CT molecular complexity index is 406. The summed E-state index contributed by atoms with van der Waals surface area (Å²) in [5.41, 5.74) is 5.57. The van der Waals surface area contributed by atoms with E-state index in [-0.39, 0.29) is 0 Å². The lowest BCUT2D eigenvalue weighted by Gasteiger charge is -2.19. The van der Waals surface area contributed by atoms with Crippen LogP contribution < -0.4 is 16.0 Å². The maximum Gasteiger partial charge on any atom is 0.134 e. The summed E-state index contributed by atoms with van der Waals surface area (Å²) in [5.74, 6) is 2.51. The van der Waals surface area contributed by atoms with E-state index >= 15 is 0 Å². The zero-order valence-electron chi connectivity index (χ0n) is 11.7. The van der Waals surface area contributed by atoms with E-state index in [1.807, 2.05) is 24.9 Å². The van der Waals surface area contributed by atoms with Crippen LogP contribution in [0.1, 0.15) is 18.7 Å². The Morgan fingerprint density at radius 3 is 3.05 bits per heavy atom. The highest BCUT2D eigenvalue weighted by Crippen LogP contribution is 2.16. The number of hydrogen-bond acceptors (Lipinski definition) is 6. The van der Waals surface area contributed by atoms with Gasteiger partial charge in [-0.1, -0.05) is 0 Å². The molecule has 106 valence electrons. The van der Waals surface area contributed by atoms with Crippen molar-refractivity contribution >= 4 is 11.6 Å². The first kappa shape index (κ1) is 14.0. The molecule has 1 aliphatic rings.